The Hall–Kier alpha value is -1.22. The van der Waals surface area contributed by atoms with Gasteiger partial charge in [0, 0.05) is 31.9 Å². The van der Waals surface area contributed by atoms with Crippen LogP contribution in [0.1, 0.15) is 6.42 Å². The predicted octanol–water partition coefficient (Wildman–Crippen LogP) is 1.61. The molecule has 0 aromatic carbocycles. The third-order valence-corrected chi connectivity index (χ3v) is 3.19. The van der Waals surface area contributed by atoms with Gasteiger partial charge in [-0.15, -0.1) is 0 Å². The van der Waals surface area contributed by atoms with Crippen LogP contribution >= 0.6 is 0 Å². The number of likely N-dealkylation sites (N-methyl/N-ethyl adjacent to an activating group) is 1. The normalized spacial score (nSPS) is 24.0. The Balaban J connectivity index is 2.66. The Kier molecular flexibility index (Phi) is 6.09. The summed E-state index contributed by atoms with van der Waals surface area (Å²) in [5, 5.41) is 4.90. The highest BCUT2D eigenvalue weighted by Crippen LogP contribution is 2.32. The molecule has 1 heterocycles. The molecule has 1 aliphatic heterocycles. The maximum Gasteiger partial charge on any atom is 0.419 e. The predicted molar refractivity (Wildman–Crippen MR) is 70.5 cm³/mol. The van der Waals surface area contributed by atoms with E-state index in [1.807, 2.05) is 0 Å². The van der Waals surface area contributed by atoms with Gasteiger partial charge >= 0.3 is 6.18 Å². The zero-order valence-electron chi connectivity index (χ0n) is 11.8. The van der Waals surface area contributed by atoms with Crippen LogP contribution in [0.3, 0.4) is 0 Å². The SMILES string of the molecule is CNCN=C/C(=C\NCC1N(C)CCC1(F)F)C(F)(F)F. The third-order valence-electron chi connectivity index (χ3n) is 3.19. The monoisotopic (exact) mass is 314 g/mol. The molecule has 1 fully saturated rings. The van der Waals surface area contributed by atoms with Gasteiger partial charge in [-0.1, -0.05) is 0 Å². The van der Waals surface area contributed by atoms with Gasteiger partial charge < -0.3 is 10.6 Å². The molecule has 1 atom stereocenters. The van der Waals surface area contributed by atoms with Crippen LogP contribution in [0.5, 0.6) is 0 Å². The average Bonchev–Trinajstić information content (AvgIpc) is 2.62. The van der Waals surface area contributed by atoms with Crippen LogP contribution in [0.2, 0.25) is 0 Å². The second kappa shape index (κ2) is 7.17. The van der Waals surface area contributed by atoms with E-state index in [-0.39, 0.29) is 26.2 Å². The number of likely N-dealkylation sites (tertiary alicyclic amines) is 1. The fourth-order valence-electron chi connectivity index (χ4n) is 1.98. The number of allylic oxidation sites excluding steroid dienone is 1. The lowest BCUT2D eigenvalue weighted by Crippen LogP contribution is -2.43. The average molecular weight is 314 g/mol. The summed E-state index contributed by atoms with van der Waals surface area (Å²) in [7, 11) is 3.07. The highest BCUT2D eigenvalue weighted by atomic mass is 19.4. The van der Waals surface area contributed by atoms with Crippen molar-refractivity contribution in [3.8, 4) is 0 Å². The summed E-state index contributed by atoms with van der Waals surface area (Å²) < 4.78 is 65.1. The smallest absolute Gasteiger partial charge is 0.389 e. The zero-order valence-corrected chi connectivity index (χ0v) is 11.8. The molecule has 0 aliphatic carbocycles. The van der Waals surface area contributed by atoms with E-state index >= 15 is 0 Å². The Morgan fingerprint density at radius 1 is 1.43 bits per heavy atom. The van der Waals surface area contributed by atoms with Crippen LogP contribution in [-0.4, -0.2) is 63.1 Å². The van der Waals surface area contributed by atoms with E-state index in [0.29, 0.717) is 12.4 Å². The number of hydrogen-bond acceptors (Lipinski definition) is 4. The first-order chi connectivity index (χ1) is 9.68. The van der Waals surface area contributed by atoms with Crippen molar-refractivity contribution >= 4 is 6.21 Å². The van der Waals surface area contributed by atoms with Crippen molar-refractivity contribution < 1.29 is 22.0 Å². The van der Waals surface area contributed by atoms with Gasteiger partial charge in [-0.2, -0.15) is 13.2 Å². The number of aliphatic imine (C=N–C) groups is 1. The minimum Gasteiger partial charge on any atom is -0.389 e. The maximum atomic E-state index is 13.5. The van der Waals surface area contributed by atoms with Gasteiger partial charge in [-0.3, -0.25) is 9.89 Å². The van der Waals surface area contributed by atoms with E-state index in [4.69, 9.17) is 0 Å². The molecule has 1 rings (SSSR count). The van der Waals surface area contributed by atoms with Crippen molar-refractivity contribution in [3.63, 3.8) is 0 Å². The highest BCUT2D eigenvalue weighted by molar-refractivity contribution is 5.80. The minimum atomic E-state index is -4.59. The molecular weight excluding hydrogens is 295 g/mol. The summed E-state index contributed by atoms with van der Waals surface area (Å²) in [5.74, 6) is -2.89. The molecule has 4 nitrogen and oxygen atoms in total. The van der Waals surface area contributed by atoms with Crippen LogP contribution in [0, 0.1) is 0 Å². The van der Waals surface area contributed by atoms with Crippen molar-refractivity contribution in [2.75, 3.05) is 33.9 Å². The van der Waals surface area contributed by atoms with Gasteiger partial charge in [0.15, 0.2) is 0 Å². The van der Waals surface area contributed by atoms with E-state index in [1.54, 1.807) is 7.05 Å². The molecule has 21 heavy (non-hydrogen) atoms. The van der Waals surface area contributed by atoms with Gasteiger partial charge in [0.25, 0.3) is 5.92 Å². The van der Waals surface area contributed by atoms with Crippen molar-refractivity contribution in [2.24, 2.45) is 4.99 Å². The second-order valence-electron chi connectivity index (χ2n) is 4.84. The van der Waals surface area contributed by atoms with E-state index < -0.39 is 23.7 Å². The Morgan fingerprint density at radius 2 is 2.10 bits per heavy atom. The third kappa shape index (κ3) is 5.24. The van der Waals surface area contributed by atoms with E-state index in [0.717, 1.165) is 0 Å². The lowest BCUT2D eigenvalue weighted by Gasteiger charge is -2.24. The molecule has 0 saturated carbocycles. The number of halogens is 5. The van der Waals surface area contributed by atoms with Crippen LogP contribution < -0.4 is 10.6 Å². The Bertz CT molecular complexity index is 392. The molecule has 2 N–H and O–H groups in total. The molecular formula is C12H19F5N4. The number of nitrogens with one attached hydrogen (secondary N) is 2. The molecule has 1 saturated heterocycles. The van der Waals surface area contributed by atoms with Crippen LogP contribution in [0.25, 0.3) is 0 Å². The van der Waals surface area contributed by atoms with Gasteiger partial charge in [0.05, 0.1) is 18.3 Å². The zero-order chi connectivity index (χ0) is 16.1. The molecule has 0 radical (unpaired) electrons. The first-order valence-electron chi connectivity index (χ1n) is 6.41. The van der Waals surface area contributed by atoms with Gasteiger partial charge in [-0.05, 0) is 14.1 Å². The van der Waals surface area contributed by atoms with Gasteiger partial charge in [0.2, 0.25) is 0 Å². The molecule has 0 bridgehead atoms. The molecule has 9 heteroatoms. The number of hydrogen-bond donors (Lipinski definition) is 2. The van der Waals surface area contributed by atoms with Gasteiger partial charge in [-0.25, -0.2) is 8.78 Å². The van der Waals surface area contributed by atoms with Crippen molar-refractivity contribution in [1.29, 1.82) is 0 Å². The molecule has 0 aromatic heterocycles. The summed E-state index contributed by atoms with van der Waals surface area (Å²) in [6.07, 6.45) is -3.52. The highest BCUT2D eigenvalue weighted by Gasteiger charge is 2.46. The molecule has 0 amide bonds. The van der Waals surface area contributed by atoms with Crippen molar-refractivity contribution in [3.05, 3.63) is 11.8 Å². The van der Waals surface area contributed by atoms with Crippen molar-refractivity contribution in [2.45, 2.75) is 24.6 Å². The molecule has 0 aromatic rings. The minimum absolute atomic E-state index is 0.0385. The first-order valence-corrected chi connectivity index (χ1v) is 6.41. The fraction of sp³-hybridized carbons (Fsp3) is 0.750. The first kappa shape index (κ1) is 17.8. The summed E-state index contributed by atoms with van der Waals surface area (Å²) in [6, 6.07) is -1.11. The number of nitrogens with zero attached hydrogens (tertiary/aromatic N) is 2. The van der Waals surface area contributed by atoms with E-state index in [9.17, 15) is 22.0 Å². The Labute approximate surface area is 120 Å². The lowest BCUT2D eigenvalue weighted by atomic mass is 10.1. The van der Waals surface area contributed by atoms with E-state index in [2.05, 4.69) is 15.6 Å². The Morgan fingerprint density at radius 3 is 2.57 bits per heavy atom. The van der Waals surface area contributed by atoms with Crippen LogP contribution in [0.4, 0.5) is 22.0 Å². The second-order valence-corrected chi connectivity index (χ2v) is 4.84. The quantitative estimate of drug-likeness (QED) is 0.578. The summed E-state index contributed by atoms with van der Waals surface area (Å²) in [4.78, 5) is 4.96. The van der Waals surface area contributed by atoms with Crippen LogP contribution in [-0.2, 0) is 0 Å². The van der Waals surface area contributed by atoms with Crippen LogP contribution in [0.15, 0.2) is 16.8 Å². The molecule has 122 valence electrons. The molecule has 1 aliphatic rings. The van der Waals surface area contributed by atoms with Gasteiger partial charge in [0.1, 0.15) is 0 Å². The largest absolute Gasteiger partial charge is 0.419 e. The topological polar surface area (TPSA) is 39.7 Å². The fourth-order valence-corrected chi connectivity index (χ4v) is 1.98. The summed E-state index contributed by atoms with van der Waals surface area (Å²) in [5.41, 5.74) is -1.01. The maximum absolute atomic E-state index is 13.5. The summed E-state index contributed by atoms with van der Waals surface area (Å²) >= 11 is 0. The molecule has 0 spiro atoms. The summed E-state index contributed by atoms with van der Waals surface area (Å²) in [6.45, 7) is -0.00137. The van der Waals surface area contributed by atoms with Crippen molar-refractivity contribution in [1.82, 2.24) is 15.5 Å². The standard InChI is InChI=1S/C12H19F5N4/c1-18-8-20-6-9(12(15,16)17)5-19-7-10-11(13,14)3-4-21(10)2/h5-6,10,18-19H,3-4,7-8H2,1-2H3/b9-5+,20-6?. The lowest BCUT2D eigenvalue weighted by molar-refractivity contribution is -0.0860. The number of alkyl halides is 5. The molecule has 1 unspecified atom stereocenters. The number of rotatable bonds is 6. The van der Waals surface area contributed by atoms with E-state index in [1.165, 1.54) is 11.9 Å².